The van der Waals surface area contributed by atoms with Crippen LogP contribution in [-0.4, -0.2) is 25.6 Å². The summed E-state index contributed by atoms with van der Waals surface area (Å²) >= 11 is 6.02. The van der Waals surface area contributed by atoms with Gasteiger partial charge in [0.05, 0.1) is 4.92 Å². The highest BCUT2D eigenvalue weighted by Gasteiger charge is 2.26. The standard InChI is InChI=1S/C24H16ClFN6O3.ClH/c25-17-7-1-14(2-8-17)20-13-21(15-3-9-18(26)10-4-15)31-24(27-20)29-23(30-31)28-22(33)16-5-11-19(12-6-16)32(34)35;/h1-13,21H,(H2,27,28,29,30,33);1H. The quantitative estimate of drug-likeness (QED) is 0.254. The Balaban J connectivity index is 0.00000304. The maximum atomic E-state index is 13.5. The minimum absolute atomic E-state index is 0. The Bertz CT molecular complexity index is 1450. The van der Waals surface area contributed by atoms with Crippen LogP contribution in [0.1, 0.15) is 27.5 Å². The van der Waals surface area contributed by atoms with Crippen LogP contribution in [0.25, 0.3) is 5.70 Å². The molecular weight excluding hydrogens is 510 g/mol. The van der Waals surface area contributed by atoms with Crippen molar-refractivity contribution in [3.8, 4) is 0 Å². The zero-order valence-corrected chi connectivity index (χ0v) is 19.8. The normalized spacial score (nSPS) is 14.1. The monoisotopic (exact) mass is 526 g/mol. The van der Waals surface area contributed by atoms with Crippen molar-refractivity contribution in [3.05, 3.63) is 117 Å². The Morgan fingerprint density at radius 1 is 1.06 bits per heavy atom. The average molecular weight is 527 g/mol. The molecule has 0 radical (unpaired) electrons. The largest absolute Gasteiger partial charge is 0.324 e. The molecule has 0 saturated heterocycles. The van der Waals surface area contributed by atoms with E-state index in [9.17, 15) is 19.3 Å². The molecule has 182 valence electrons. The maximum Gasteiger partial charge on any atom is 0.269 e. The lowest BCUT2D eigenvalue weighted by Gasteiger charge is -2.24. The number of non-ortho nitro benzene ring substituents is 1. The zero-order chi connectivity index (χ0) is 24.5. The topological polar surface area (TPSA) is 115 Å². The number of anilines is 2. The van der Waals surface area contributed by atoms with Crippen molar-refractivity contribution in [3.63, 3.8) is 0 Å². The van der Waals surface area contributed by atoms with Gasteiger partial charge in [-0.25, -0.2) is 9.07 Å². The minimum atomic E-state index is -0.542. The van der Waals surface area contributed by atoms with E-state index in [0.717, 1.165) is 16.8 Å². The smallest absolute Gasteiger partial charge is 0.269 e. The molecule has 1 aliphatic heterocycles. The number of halogens is 3. The summed E-state index contributed by atoms with van der Waals surface area (Å²) in [7, 11) is 0. The molecule has 1 atom stereocenters. The Hall–Kier alpha value is -4.28. The van der Waals surface area contributed by atoms with E-state index in [2.05, 4.69) is 20.7 Å². The second-order valence-electron chi connectivity index (χ2n) is 7.67. The molecule has 5 rings (SSSR count). The van der Waals surface area contributed by atoms with E-state index in [1.54, 1.807) is 28.9 Å². The molecule has 1 aromatic heterocycles. The van der Waals surface area contributed by atoms with Crippen LogP contribution in [0.4, 0.5) is 22.0 Å². The molecule has 0 aliphatic carbocycles. The van der Waals surface area contributed by atoms with E-state index in [-0.39, 0.29) is 35.4 Å². The van der Waals surface area contributed by atoms with Crippen LogP contribution >= 0.6 is 24.0 Å². The van der Waals surface area contributed by atoms with Crippen molar-refractivity contribution in [1.29, 1.82) is 0 Å². The van der Waals surface area contributed by atoms with Gasteiger partial charge in [-0.2, -0.15) is 4.98 Å². The van der Waals surface area contributed by atoms with Crippen LogP contribution in [0, 0.1) is 15.9 Å². The highest BCUT2D eigenvalue weighted by molar-refractivity contribution is 6.30. The second-order valence-corrected chi connectivity index (χ2v) is 8.11. The van der Waals surface area contributed by atoms with Crippen LogP contribution in [0.2, 0.25) is 5.02 Å². The Morgan fingerprint density at radius 2 is 1.72 bits per heavy atom. The molecular formula is C24H17Cl2FN6O3. The van der Waals surface area contributed by atoms with Gasteiger partial charge in [-0.15, -0.1) is 17.5 Å². The number of carbonyl (C=O) groups is 1. The van der Waals surface area contributed by atoms with Crippen LogP contribution in [0.5, 0.6) is 0 Å². The van der Waals surface area contributed by atoms with Gasteiger partial charge in [-0.3, -0.25) is 20.2 Å². The molecule has 2 N–H and O–H groups in total. The second kappa shape index (κ2) is 10.1. The third-order valence-electron chi connectivity index (χ3n) is 5.40. The first-order valence-electron chi connectivity index (χ1n) is 10.4. The fourth-order valence-electron chi connectivity index (χ4n) is 3.65. The first kappa shape index (κ1) is 24.8. The van der Waals surface area contributed by atoms with Crippen molar-refractivity contribution in [1.82, 2.24) is 14.8 Å². The zero-order valence-electron chi connectivity index (χ0n) is 18.3. The summed E-state index contributed by atoms with van der Waals surface area (Å²) in [6.07, 6.45) is 1.92. The summed E-state index contributed by atoms with van der Waals surface area (Å²) in [6.45, 7) is 0. The summed E-state index contributed by atoms with van der Waals surface area (Å²) in [5.74, 6) is -0.481. The molecule has 1 aliphatic rings. The summed E-state index contributed by atoms with van der Waals surface area (Å²) < 4.78 is 15.1. The third kappa shape index (κ3) is 5.04. The molecule has 0 fully saturated rings. The Kier molecular flexibility index (Phi) is 7.00. The molecule has 1 unspecified atom stereocenters. The average Bonchev–Trinajstić information content (AvgIpc) is 3.27. The number of nitrogens with zero attached hydrogens (tertiary/aromatic N) is 4. The molecule has 1 amide bonds. The van der Waals surface area contributed by atoms with Crippen LogP contribution in [0.15, 0.2) is 78.9 Å². The fraction of sp³-hybridized carbons (Fsp3) is 0.0417. The highest BCUT2D eigenvalue weighted by atomic mass is 35.5. The maximum absolute atomic E-state index is 13.5. The van der Waals surface area contributed by atoms with E-state index in [0.29, 0.717) is 11.0 Å². The van der Waals surface area contributed by atoms with Crippen molar-refractivity contribution in [2.75, 3.05) is 10.6 Å². The number of amides is 1. The number of nitro groups is 1. The number of nitrogens with one attached hydrogen (secondary N) is 2. The van der Waals surface area contributed by atoms with Crippen LogP contribution < -0.4 is 10.6 Å². The van der Waals surface area contributed by atoms with Gasteiger partial charge < -0.3 is 5.32 Å². The molecule has 12 heteroatoms. The van der Waals surface area contributed by atoms with E-state index in [1.807, 2.05) is 18.2 Å². The molecule has 2 heterocycles. The first-order chi connectivity index (χ1) is 16.9. The summed E-state index contributed by atoms with van der Waals surface area (Å²) in [4.78, 5) is 27.4. The summed E-state index contributed by atoms with van der Waals surface area (Å²) in [5.41, 5.74) is 2.45. The number of aromatic nitrogens is 3. The number of nitro benzene ring substituents is 1. The molecule has 4 aromatic rings. The van der Waals surface area contributed by atoms with Crippen molar-refractivity contribution >= 4 is 53.2 Å². The van der Waals surface area contributed by atoms with E-state index < -0.39 is 16.9 Å². The van der Waals surface area contributed by atoms with Crippen molar-refractivity contribution in [2.24, 2.45) is 0 Å². The molecule has 0 saturated carbocycles. The van der Waals surface area contributed by atoms with Gasteiger partial charge in [0, 0.05) is 28.4 Å². The lowest BCUT2D eigenvalue weighted by Crippen LogP contribution is -2.20. The molecule has 0 spiro atoms. The minimum Gasteiger partial charge on any atom is -0.324 e. The van der Waals surface area contributed by atoms with Gasteiger partial charge >= 0.3 is 0 Å². The number of fused-ring (bicyclic) bond motifs is 1. The molecule has 9 nitrogen and oxygen atoms in total. The number of hydrogen-bond donors (Lipinski definition) is 2. The van der Waals surface area contributed by atoms with E-state index in [4.69, 9.17) is 11.6 Å². The molecule has 36 heavy (non-hydrogen) atoms. The number of benzene rings is 3. The van der Waals surface area contributed by atoms with Gasteiger partial charge in [0.25, 0.3) is 17.5 Å². The van der Waals surface area contributed by atoms with E-state index in [1.165, 1.54) is 36.4 Å². The van der Waals surface area contributed by atoms with Gasteiger partial charge in [-0.1, -0.05) is 35.9 Å². The summed E-state index contributed by atoms with van der Waals surface area (Å²) in [5, 5.41) is 21.7. The SMILES string of the molecule is Cl.O=C(Nc1nc2n(n1)C(c1ccc(F)cc1)C=C(c1ccc(Cl)cc1)N2)c1ccc([N+](=O)[O-])cc1. The number of allylic oxidation sites excluding steroid dienone is 1. The van der Waals surface area contributed by atoms with E-state index >= 15 is 0 Å². The van der Waals surface area contributed by atoms with Gasteiger partial charge in [0.1, 0.15) is 11.9 Å². The number of hydrogen-bond acceptors (Lipinski definition) is 6. The number of rotatable bonds is 5. The molecule has 0 bridgehead atoms. The van der Waals surface area contributed by atoms with Gasteiger partial charge in [-0.05, 0) is 53.6 Å². The predicted molar refractivity (Wildman–Crippen MR) is 136 cm³/mol. The predicted octanol–water partition coefficient (Wildman–Crippen LogP) is 5.71. The fourth-order valence-corrected chi connectivity index (χ4v) is 3.78. The van der Waals surface area contributed by atoms with Crippen molar-refractivity contribution in [2.45, 2.75) is 6.04 Å². The van der Waals surface area contributed by atoms with Crippen LogP contribution in [0.3, 0.4) is 0 Å². The molecule has 3 aromatic carbocycles. The number of carbonyl (C=O) groups excluding carboxylic acids is 1. The highest BCUT2D eigenvalue weighted by Crippen LogP contribution is 2.33. The van der Waals surface area contributed by atoms with Gasteiger partial charge in [0.15, 0.2) is 0 Å². The first-order valence-corrected chi connectivity index (χ1v) is 10.8. The summed E-state index contributed by atoms with van der Waals surface area (Å²) in [6, 6.07) is 18.0. The Labute approximate surface area is 215 Å². The van der Waals surface area contributed by atoms with Gasteiger partial charge in [0.2, 0.25) is 5.95 Å². The third-order valence-corrected chi connectivity index (χ3v) is 5.65. The lowest BCUT2D eigenvalue weighted by atomic mass is 10.0. The Morgan fingerprint density at radius 3 is 2.36 bits per heavy atom. The van der Waals surface area contributed by atoms with Crippen molar-refractivity contribution < 1.29 is 14.1 Å². The van der Waals surface area contributed by atoms with Crippen LogP contribution in [-0.2, 0) is 0 Å². The lowest BCUT2D eigenvalue weighted by molar-refractivity contribution is -0.384.